The molecule has 15 heavy (non-hydrogen) atoms. The molecule has 0 radical (unpaired) electrons. The Balaban J connectivity index is 1.75. The third kappa shape index (κ3) is 1.91. The van der Waals surface area contributed by atoms with Crippen LogP contribution >= 0.6 is 0 Å². The van der Waals surface area contributed by atoms with E-state index in [1.165, 1.54) is 34.3 Å². The Morgan fingerprint density at radius 1 is 0.733 bits per heavy atom. The summed E-state index contributed by atoms with van der Waals surface area (Å²) in [6.45, 7) is 4.98. The van der Waals surface area contributed by atoms with Crippen molar-refractivity contribution < 1.29 is 0 Å². The topological polar surface area (TPSA) is 0 Å². The van der Waals surface area contributed by atoms with Gasteiger partial charge in [-0.3, -0.25) is 0 Å². The zero-order valence-corrected chi connectivity index (χ0v) is 11.8. The van der Waals surface area contributed by atoms with Crippen molar-refractivity contribution in [2.45, 2.75) is 62.0 Å². The van der Waals surface area contributed by atoms with Gasteiger partial charge >= 0.3 is 101 Å². The van der Waals surface area contributed by atoms with Gasteiger partial charge in [-0.1, -0.05) is 0 Å². The van der Waals surface area contributed by atoms with Crippen molar-refractivity contribution in [3.8, 4) is 0 Å². The van der Waals surface area contributed by atoms with E-state index in [0.717, 1.165) is 26.8 Å². The Morgan fingerprint density at radius 3 is 1.67 bits per heavy atom. The zero-order chi connectivity index (χ0) is 10.4. The molecule has 0 N–H and O–H groups in total. The van der Waals surface area contributed by atoms with Crippen LogP contribution in [0.3, 0.4) is 0 Å². The quantitative estimate of drug-likeness (QED) is 0.580. The molecule has 0 aromatic carbocycles. The first-order valence-electron chi connectivity index (χ1n) is 6.89. The van der Waals surface area contributed by atoms with Gasteiger partial charge in [0.05, 0.1) is 0 Å². The second kappa shape index (κ2) is 4.07. The van der Waals surface area contributed by atoms with Crippen LogP contribution in [0.25, 0.3) is 0 Å². The molecule has 0 spiro atoms. The summed E-state index contributed by atoms with van der Waals surface area (Å²) in [6.07, 6.45) is 9.43. The minimum absolute atomic E-state index is 1.02. The van der Waals surface area contributed by atoms with E-state index >= 15 is 0 Å². The van der Waals surface area contributed by atoms with Gasteiger partial charge < -0.3 is 0 Å². The second-order valence-electron chi connectivity index (χ2n) is 6.38. The van der Waals surface area contributed by atoms with Gasteiger partial charge in [-0.2, -0.15) is 0 Å². The maximum atomic E-state index is 2.49. The predicted octanol–water partition coefficient (Wildman–Crippen LogP) is 4.15. The van der Waals surface area contributed by atoms with Crippen molar-refractivity contribution >= 4 is 15.0 Å². The first-order valence-corrected chi connectivity index (χ1v) is 8.87. The first-order chi connectivity index (χ1) is 7.24. The van der Waals surface area contributed by atoms with Crippen LogP contribution in [0.15, 0.2) is 0 Å². The fraction of sp³-hybridized carbons (Fsp3) is 1.00. The summed E-state index contributed by atoms with van der Waals surface area (Å²) in [5.74, 6) is 4.42. The molecule has 2 saturated carbocycles. The molecule has 6 atom stereocenters. The van der Waals surface area contributed by atoms with Crippen LogP contribution in [0, 0.1) is 23.7 Å². The fourth-order valence-electron chi connectivity index (χ4n) is 4.26. The molecule has 0 aromatic rings. The third-order valence-electron chi connectivity index (χ3n) is 5.09. The van der Waals surface area contributed by atoms with Crippen LogP contribution in [0.4, 0.5) is 0 Å². The van der Waals surface area contributed by atoms with E-state index in [9.17, 15) is 0 Å². The third-order valence-corrected chi connectivity index (χ3v) is 9.01. The van der Waals surface area contributed by atoms with E-state index in [-0.39, 0.29) is 0 Å². The summed E-state index contributed by atoms with van der Waals surface area (Å²) < 4.78 is 0. The van der Waals surface area contributed by atoms with E-state index in [4.69, 9.17) is 0 Å². The Morgan fingerprint density at radius 2 is 1.20 bits per heavy atom. The van der Waals surface area contributed by atoms with Crippen molar-refractivity contribution in [2.75, 3.05) is 0 Å². The van der Waals surface area contributed by atoms with Crippen LogP contribution in [0.1, 0.15) is 52.4 Å². The summed E-state index contributed by atoms with van der Waals surface area (Å²) in [6, 6.07) is 0. The van der Waals surface area contributed by atoms with E-state index in [0.29, 0.717) is 0 Å². The molecule has 3 aliphatic rings. The number of hydrogen-bond acceptors (Lipinski definition) is 0. The Bertz CT molecular complexity index is 213. The van der Waals surface area contributed by atoms with Gasteiger partial charge in [0.15, 0.2) is 0 Å². The molecule has 0 aromatic heterocycles. The molecule has 86 valence electrons. The average Bonchev–Trinajstić information content (AvgIpc) is 2.56. The summed E-state index contributed by atoms with van der Waals surface area (Å²) >= 11 is 1.02. The van der Waals surface area contributed by atoms with Crippen molar-refractivity contribution in [3.05, 3.63) is 0 Å². The molecule has 0 nitrogen and oxygen atoms in total. The molecule has 0 amide bonds. The predicted molar refractivity (Wildman–Crippen MR) is 66.3 cm³/mol. The number of fused-ring (bicyclic) bond motifs is 3. The summed E-state index contributed by atoms with van der Waals surface area (Å²) in [5, 5.41) is 0. The Labute approximate surface area is 101 Å². The molecular weight excluding hydrogens is 247 g/mol. The van der Waals surface area contributed by atoms with E-state index < -0.39 is 0 Å². The van der Waals surface area contributed by atoms with Gasteiger partial charge in [-0.15, -0.1) is 0 Å². The van der Waals surface area contributed by atoms with Crippen molar-refractivity contribution in [2.24, 2.45) is 23.7 Å². The minimum atomic E-state index is 1.02. The first kappa shape index (κ1) is 10.7. The molecule has 1 heterocycles. The normalized spacial score (nSPS) is 54.8. The summed E-state index contributed by atoms with van der Waals surface area (Å²) in [4.78, 5) is 2.41. The summed E-state index contributed by atoms with van der Waals surface area (Å²) in [5.41, 5.74) is 0. The van der Waals surface area contributed by atoms with Crippen LogP contribution in [0.5, 0.6) is 0 Å². The molecule has 1 aliphatic heterocycles. The van der Waals surface area contributed by atoms with Crippen molar-refractivity contribution in [1.29, 1.82) is 0 Å². The van der Waals surface area contributed by atoms with Gasteiger partial charge in [-0.25, -0.2) is 0 Å². The van der Waals surface area contributed by atoms with Gasteiger partial charge in [0.25, 0.3) is 0 Å². The van der Waals surface area contributed by atoms with E-state index in [1.807, 2.05) is 0 Å². The summed E-state index contributed by atoms with van der Waals surface area (Å²) in [7, 11) is 0. The van der Waals surface area contributed by atoms with Gasteiger partial charge in [-0.05, 0) is 0 Å². The maximum absolute atomic E-state index is 2.49. The molecule has 1 heteroatoms. The molecule has 3 fully saturated rings. The average molecular weight is 271 g/mol. The van der Waals surface area contributed by atoms with Crippen LogP contribution in [-0.2, 0) is 0 Å². The molecule has 6 unspecified atom stereocenters. The van der Waals surface area contributed by atoms with E-state index in [2.05, 4.69) is 13.8 Å². The molecular formula is C14H24Se. The Hall–Kier alpha value is 0.519. The zero-order valence-electron chi connectivity index (χ0n) is 10.1. The fourth-order valence-corrected chi connectivity index (χ4v) is 8.50. The molecule has 2 aliphatic carbocycles. The molecule has 3 rings (SSSR count). The van der Waals surface area contributed by atoms with Gasteiger partial charge in [0.2, 0.25) is 0 Å². The van der Waals surface area contributed by atoms with Crippen molar-refractivity contribution in [3.63, 3.8) is 0 Å². The van der Waals surface area contributed by atoms with Crippen molar-refractivity contribution in [1.82, 2.24) is 0 Å². The van der Waals surface area contributed by atoms with Gasteiger partial charge in [0, 0.05) is 0 Å². The van der Waals surface area contributed by atoms with Gasteiger partial charge in [0.1, 0.15) is 0 Å². The SMILES string of the molecule is CC1CCC2[Se]C3CCC(C)CC3C2C1. The Kier molecular flexibility index (Phi) is 2.90. The van der Waals surface area contributed by atoms with Crippen LogP contribution in [0.2, 0.25) is 9.63 Å². The number of rotatable bonds is 0. The molecule has 1 saturated heterocycles. The molecule has 0 bridgehead atoms. The van der Waals surface area contributed by atoms with Crippen LogP contribution < -0.4 is 0 Å². The monoisotopic (exact) mass is 272 g/mol. The van der Waals surface area contributed by atoms with E-state index in [1.54, 1.807) is 25.7 Å². The number of hydrogen-bond donors (Lipinski definition) is 0. The second-order valence-corrected chi connectivity index (χ2v) is 9.49. The van der Waals surface area contributed by atoms with Crippen LogP contribution in [-0.4, -0.2) is 15.0 Å². The standard InChI is InChI=1S/C14H24Se/c1-9-3-5-13-11(7-9)12-8-10(2)4-6-14(12)15-13/h9-14H,3-8H2,1-2H3.